The van der Waals surface area contributed by atoms with Gasteiger partial charge in [-0.1, -0.05) is 30.3 Å². The van der Waals surface area contributed by atoms with Gasteiger partial charge >= 0.3 is 5.97 Å². The molecule has 1 amide bonds. The molecule has 1 heterocycles. The van der Waals surface area contributed by atoms with Crippen LogP contribution in [0.5, 0.6) is 0 Å². The average Bonchev–Trinajstić information content (AvgIpc) is 2.87. The molecule has 0 spiro atoms. The molecule has 0 unspecified atom stereocenters. The van der Waals surface area contributed by atoms with E-state index in [-0.39, 0.29) is 17.8 Å². The fourth-order valence-electron chi connectivity index (χ4n) is 2.91. The van der Waals surface area contributed by atoms with Gasteiger partial charge in [-0.05, 0) is 5.56 Å². The zero-order valence-corrected chi connectivity index (χ0v) is 12.7. The molecule has 8 heteroatoms. The van der Waals surface area contributed by atoms with Gasteiger partial charge in [0.25, 0.3) is 11.8 Å². The van der Waals surface area contributed by atoms with Crippen molar-refractivity contribution in [1.82, 2.24) is 15.1 Å². The van der Waals surface area contributed by atoms with Crippen molar-refractivity contribution in [3.05, 3.63) is 53.3 Å². The molecule has 1 aliphatic carbocycles. The van der Waals surface area contributed by atoms with Crippen molar-refractivity contribution in [2.75, 3.05) is 6.54 Å². The van der Waals surface area contributed by atoms with Crippen molar-refractivity contribution in [2.24, 2.45) is 13.0 Å². The number of alkyl halides is 2. The summed E-state index contributed by atoms with van der Waals surface area (Å²) in [7, 11) is 1.42. The Bertz CT molecular complexity index is 789. The lowest BCUT2D eigenvalue weighted by atomic mass is 10.1. The van der Waals surface area contributed by atoms with Gasteiger partial charge in [0.1, 0.15) is 11.3 Å². The van der Waals surface area contributed by atoms with Crippen LogP contribution in [0.3, 0.4) is 0 Å². The zero-order chi connectivity index (χ0) is 17.5. The normalized spacial score (nSPS) is 21.3. The third kappa shape index (κ3) is 2.64. The van der Waals surface area contributed by atoms with Crippen LogP contribution in [0.1, 0.15) is 32.3 Å². The van der Waals surface area contributed by atoms with Gasteiger partial charge < -0.3 is 10.4 Å². The Morgan fingerprint density at radius 2 is 2.00 bits per heavy atom. The van der Waals surface area contributed by atoms with E-state index in [1.807, 2.05) is 0 Å². The smallest absolute Gasteiger partial charge is 0.339 e. The molecule has 126 valence electrons. The summed E-state index contributed by atoms with van der Waals surface area (Å²) >= 11 is 0. The Labute approximate surface area is 136 Å². The number of aryl methyl sites for hydroxylation is 1. The molecule has 1 saturated carbocycles. The van der Waals surface area contributed by atoms with Gasteiger partial charge in [0.15, 0.2) is 0 Å². The third-order valence-electron chi connectivity index (χ3n) is 4.23. The highest BCUT2D eigenvalue weighted by Gasteiger charge is 2.68. The van der Waals surface area contributed by atoms with E-state index in [1.165, 1.54) is 7.05 Å². The second kappa shape index (κ2) is 5.70. The van der Waals surface area contributed by atoms with Crippen molar-refractivity contribution in [1.29, 1.82) is 0 Å². The van der Waals surface area contributed by atoms with Crippen LogP contribution in [0.4, 0.5) is 8.78 Å². The van der Waals surface area contributed by atoms with Crippen LogP contribution in [0, 0.1) is 5.92 Å². The summed E-state index contributed by atoms with van der Waals surface area (Å²) in [6.45, 7) is -0.240. The molecule has 2 N–H and O–H groups in total. The first kappa shape index (κ1) is 16.1. The molecule has 1 aromatic heterocycles. The van der Waals surface area contributed by atoms with Crippen LogP contribution in [-0.2, 0) is 7.05 Å². The number of carboxylic acids is 1. The number of hydrogen-bond acceptors (Lipinski definition) is 3. The molecule has 0 radical (unpaired) electrons. The van der Waals surface area contributed by atoms with E-state index < -0.39 is 29.6 Å². The number of carbonyl (C=O) groups excluding carboxylic acids is 1. The average molecular weight is 335 g/mol. The Morgan fingerprint density at radius 3 is 2.62 bits per heavy atom. The molecular formula is C16H15F2N3O3. The number of nitrogens with one attached hydrogen (secondary N) is 1. The van der Waals surface area contributed by atoms with Crippen molar-refractivity contribution in [3.8, 4) is 0 Å². The molecule has 0 aliphatic heterocycles. The van der Waals surface area contributed by atoms with Crippen LogP contribution >= 0.6 is 0 Å². The molecule has 2 aromatic rings. The zero-order valence-electron chi connectivity index (χ0n) is 12.7. The number of rotatable bonds is 5. The molecule has 6 nitrogen and oxygen atoms in total. The van der Waals surface area contributed by atoms with E-state index in [2.05, 4.69) is 10.4 Å². The number of hydrogen-bond donors (Lipinski definition) is 2. The van der Waals surface area contributed by atoms with E-state index >= 15 is 0 Å². The molecule has 0 bridgehead atoms. The van der Waals surface area contributed by atoms with Crippen LogP contribution in [0.2, 0.25) is 0 Å². The number of aromatic carboxylic acids is 1. The molecule has 1 aliphatic rings. The number of carboxylic acid groups (broad SMARTS) is 1. The molecule has 24 heavy (non-hydrogen) atoms. The topological polar surface area (TPSA) is 84.2 Å². The predicted octanol–water partition coefficient (Wildman–Crippen LogP) is 1.90. The summed E-state index contributed by atoms with van der Waals surface area (Å²) in [6.07, 6.45) is 1.05. The minimum atomic E-state index is -2.89. The summed E-state index contributed by atoms with van der Waals surface area (Å²) in [5, 5.41) is 15.2. The van der Waals surface area contributed by atoms with Gasteiger partial charge in [-0.25, -0.2) is 13.6 Å². The van der Waals surface area contributed by atoms with Crippen LogP contribution < -0.4 is 5.32 Å². The largest absolute Gasteiger partial charge is 0.478 e. The Balaban J connectivity index is 1.70. The Morgan fingerprint density at radius 1 is 1.33 bits per heavy atom. The number of amides is 1. The van der Waals surface area contributed by atoms with E-state index in [4.69, 9.17) is 5.11 Å². The monoisotopic (exact) mass is 335 g/mol. The van der Waals surface area contributed by atoms with Crippen molar-refractivity contribution in [2.45, 2.75) is 11.8 Å². The van der Waals surface area contributed by atoms with Gasteiger partial charge in [0.2, 0.25) is 0 Å². The van der Waals surface area contributed by atoms with Crippen molar-refractivity contribution < 1.29 is 23.5 Å². The Hall–Kier alpha value is -2.77. The lowest BCUT2D eigenvalue weighted by Gasteiger charge is -2.06. The quantitative estimate of drug-likeness (QED) is 0.874. The molecule has 1 aromatic carbocycles. The maximum Gasteiger partial charge on any atom is 0.339 e. The van der Waals surface area contributed by atoms with Crippen LogP contribution in [0.15, 0.2) is 36.5 Å². The van der Waals surface area contributed by atoms with E-state index in [1.54, 1.807) is 30.3 Å². The first-order valence-corrected chi connectivity index (χ1v) is 7.30. The number of halogens is 2. The van der Waals surface area contributed by atoms with E-state index in [0.29, 0.717) is 5.56 Å². The van der Waals surface area contributed by atoms with Gasteiger partial charge in [-0.15, -0.1) is 0 Å². The summed E-state index contributed by atoms with van der Waals surface area (Å²) in [5.74, 6) is -6.87. The number of nitrogens with zero attached hydrogens (tertiary/aromatic N) is 2. The number of carbonyl (C=O) groups is 2. The van der Waals surface area contributed by atoms with Crippen molar-refractivity contribution in [3.63, 3.8) is 0 Å². The van der Waals surface area contributed by atoms with Gasteiger partial charge in [-0.3, -0.25) is 9.48 Å². The second-order valence-electron chi connectivity index (χ2n) is 5.72. The van der Waals surface area contributed by atoms with Crippen molar-refractivity contribution >= 4 is 11.9 Å². The van der Waals surface area contributed by atoms with Crippen LogP contribution in [0.25, 0.3) is 0 Å². The minimum absolute atomic E-state index is 0.164. The van der Waals surface area contributed by atoms with Crippen LogP contribution in [-0.4, -0.2) is 39.2 Å². The van der Waals surface area contributed by atoms with Gasteiger partial charge in [-0.2, -0.15) is 5.10 Å². The third-order valence-corrected chi connectivity index (χ3v) is 4.23. The van der Waals surface area contributed by atoms with Gasteiger partial charge in [0.05, 0.1) is 18.0 Å². The first-order valence-electron chi connectivity index (χ1n) is 7.30. The highest BCUT2D eigenvalue weighted by atomic mass is 19.3. The molecular weight excluding hydrogens is 320 g/mol. The lowest BCUT2D eigenvalue weighted by Crippen LogP contribution is -2.30. The first-order chi connectivity index (χ1) is 11.3. The highest BCUT2D eigenvalue weighted by Crippen LogP contribution is 2.61. The van der Waals surface area contributed by atoms with Gasteiger partial charge in [0, 0.05) is 13.6 Å². The summed E-state index contributed by atoms with van der Waals surface area (Å²) < 4.78 is 29.0. The molecule has 1 fully saturated rings. The second-order valence-corrected chi connectivity index (χ2v) is 5.72. The maximum absolute atomic E-state index is 14.0. The molecule has 0 saturated heterocycles. The Kier molecular flexibility index (Phi) is 3.82. The van der Waals surface area contributed by atoms with E-state index in [9.17, 15) is 18.4 Å². The molecule has 3 rings (SSSR count). The number of aromatic nitrogens is 2. The fraction of sp³-hybridized carbons (Fsp3) is 0.312. The minimum Gasteiger partial charge on any atom is -0.478 e. The van der Waals surface area contributed by atoms with E-state index in [0.717, 1.165) is 10.9 Å². The summed E-state index contributed by atoms with van der Waals surface area (Å²) in [4.78, 5) is 23.2. The summed E-state index contributed by atoms with van der Waals surface area (Å²) in [5.41, 5.74) is 0.0911. The predicted molar refractivity (Wildman–Crippen MR) is 80.1 cm³/mol. The fourth-order valence-corrected chi connectivity index (χ4v) is 2.91. The highest BCUT2D eigenvalue weighted by molar-refractivity contribution is 6.03. The summed E-state index contributed by atoms with van der Waals surface area (Å²) in [6, 6.07) is 8.38. The lowest BCUT2D eigenvalue weighted by molar-refractivity contribution is 0.0688. The molecule has 2 atom stereocenters. The SMILES string of the molecule is Cn1ncc(C(=O)O)c1C(=O)NC[C@@H]1[C@@H](c2ccccc2)C1(F)F. The standard InChI is InChI=1S/C16H15F2N3O3/c1-21-13(10(7-20-21)15(23)24)14(22)19-8-11-12(16(11,17)18)9-5-3-2-4-6-9/h2-7,11-12H,8H2,1H3,(H,19,22)(H,23,24)/t11-,12-/m1/s1. The maximum atomic E-state index is 14.0. The number of benzene rings is 1.